The first kappa shape index (κ1) is 13.4. The Morgan fingerprint density at radius 2 is 2.16 bits per heavy atom. The normalized spacial score (nSPS) is 10.1. The summed E-state index contributed by atoms with van der Waals surface area (Å²) in [5, 5.41) is 20.6. The zero-order chi connectivity index (χ0) is 13.7. The zero-order valence-corrected chi connectivity index (χ0v) is 11.1. The van der Waals surface area contributed by atoms with E-state index in [1.54, 1.807) is 5.51 Å². The van der Waals surface area contributed by atoms with E-state index in [0.717, 1.165) is 4.34 Å². The zero-order valence-electron chi connectivity index (χ0n) is 9.48. The second kappa shape index (κ2) is 6.25. The van der Waals surface area contributed by atoms with Crippen LogP contribution in [-0.4, -0.2) is 26.8 Å². The van der Waals surface area contributed by atoms with Crippen LogP contribution in [0.25, 0.3) is 0 Å². The Labute approximate surface area is 116 Å². The van der Waals surface area contributed by atoms with Crippen LogP contribution in [-0.2, 0) is 4.79 Å². The highest BCUT2D eigenvalue weighted by atomic mass is 32.2. The second-order valence-corrected chi connectivity index (χ2v) is 5.40. The molecule has 0 bridgehead atoms. The van der Waals surface area contributed by atoms with Crippen molar-refractivity contribution >= 4 is 40.4 Å². The minimum Gasteiger partial charge on any atom is -0.325 e. The molecule has 0 aliphatic carbocycles. The van der Waals surface area contributed by atoms with Gasteiger partial charge in [-0.15, -0.1) is 10.2 Å². The van der Waals surface area contributed by atoms with Gasteiger partial charge in [-0.1, -0.05) is 23.1 Å². The van der Waals surface area contributed by atoms with Crippen molar-refractivity contribution in [1.82, 2.24) is 10.2 Å². The maximum Gasteiger partial charge on any atom is 0.269 e. The Morgan fingerprint density at radius 1 is 1.42 bits per heavy atom. The molecule has 0 saturated carbocycles. The summed E-state index contributed by atoms with van der Waals surface area (Å²) in [4.78, 5) is 21.6. The predicted octanol–water partition coefficient (Wildman–Crippen LogP) is 2.18. The molecule has 7 nitrogen and oxygen atoms in total. The molecule has 2 aromatic rings. The number of aromatic nitrogens is 2. The molecule has 0 spiro atoms. The van der Waals surface area contributed by atoms with Gasteiger partial charge in [-0.3, -0.25) is 14.9 Å². The Bertz CT molecular complexity index is 571. The van der Waals surface area contributed by atoms with E-state index in [9.17, 15) is 14.9 Å². The molecule has 9 heteroatoms. The lowest BCUT2D eigenvalue weighted by atomic mass is 10.3. The van der Waals surface area contributed by atoms with Crippen LogP contribution in [0, 0.1) is 10.1 Å². The van der Waals surface area contributed by atoms with Crippen molar-refractivity contribution in [2.24, 2.45) is 0 Å². The molecule has 0 aliphatic heterocycles. The average molecular weight is 296 g/mol. The third-order valence-electron chi connectivity index (χ3n) is 2.03. The third kappa shape index (κ3) is 4.00. The molecule has 1 aromatic carbocycles. The SMILES string of the molecule is O=C(CSc1nncs1)Nc1ccc([N+](=O)[O-])cc1. The van der Waals surface area contributed by atoms with E-state index >= 15 is 0 Å². The van der Waals surface area contributed by atoms with Crippen LogP contribution in [0.1, 0.15) is 0 Å². The molecule has 98 valence electrons. The molecule has 1 amide bonds. The van der Waals surface area contributed by atoms with Crippen molar-refractivity contribution < 1.29 is 9.72 Å². The van der Waals surface area contributed by atoms with E-state index in [-0.39, 0.29) is 17.3 Å². The maximum absolute atomic E-state index is 11.6. The van der Waals surface area contributed by atoms with Gasteiger partial charge in [0, 0.05) is 17.8 Å². The van der Waals surface area contributed by atoms with Crippen molar-refractivity contribution in [2.75, 3.05) is 11.1 Å². The van der Waals surface area contributed by atoms with Gasteiger partial charge in [-0.25, -0.2) is 0 Å². The summed E-state index contributed by atoms with van der Waals surface area (Å²) in [6, 6.07) is 5.66. The van der Waals surface area contributed by atoms with E-state index < -0.39 is 4.92 Å². The number of amides is 1. The fourth-order valence-electron chi connectivity index (χ4n) is 1.22. The predicted molar refractivity (Wildman–Crippen MR) is 72.4 cm³/mol. The third-order valence-corrected chi connectivity index (χ3v) is 3.89. The largest absolute Gasteiger partial charge is 0.325 e. The maximum atomic E-state index is 11.6. The number of nitro benzene ring substituents is 1. The summed E-state index contributed by atoms with van der Waals surface area (Å²) in [6.45, 7) is 0. The first-order valence-electron chi connectivity index (χ1n) is 5.08. The van der Waals surface area contributed by atoms with E-state index in [1.807, 2.05) is 0 Å². The fourth-order valence-corrected chi connectivity index (χ4v) is 2.51. The summed E-state index contributed by atoms with van der Waals surface area (Å²) in [7, 11) is 0. The number of anilines is 1. The van der Waals surface area contributed by atoms with E-state index in [0.29, 0.717) is 5.69 Å². The average Bonchev–Trinajstić information content (AvgIpc) is 2.90. The molecule has 0 radical (unpaired) electrons. The number of nitrogens with zero attached hydrogens (tertiary/aromatic N) is 3. The van der Waals surface area contributed by atoms with E-state index in [2.05, 4.69) is 15.5 Å². The van der Waals surface area contributed by atoms with E-state index in [1.165, 1.54) is 47.4 Å². The first-order valence-corrected chi connectivity index (χ1v) is 6.95. The summed E-state index contributed by atoms with van der Waals surface area (Å²) in [5.41, 5.74) is 2.10. The Morgan fingerprint density at radius 3 is 2.74 bits per heavy atom. The molecule has 0 unspecified atom stereocenters. The minimum atomic E-state index is -0.489. The lowest BCUT2D eigenvalue weighted by Gasteiger charge is -2.03. The molecule has 1 heterocycles. The molecule has 0 aliphatic rings. The van der Waals surface area contributed by atoms with Crippen molar-refractivity contribution in [3.05, 3.63) is 39.9 Å². The van der Waals surface area contributed by atoms with Crippen LogP contribution in [0.4, 0.5) is 11.4 Å². The van der Waals surface area contributed by atoms with Gasteiger partial charge in [0.1, 0.15) is 5.51 Å². The van der Waals surface area contributed by atoms with Gasteiger partial charge >= 0.3 is 0 Å². The number of nitrogens with one attached hydrogen (secondary N) is 1. The highest BCUT2D eigenvalue weighted by Gasteiger charge is 2.07. The fraction of sp³-hybridized carbons (Fsp3) is 0.100. The van der Waals surface area contributed by atoms with Gasteiger partial charge in [-0.05, 0) is 12.1 Å². The van der Waals surface area contributed by atoms with Crippen LogP contribution in [0.15, 0.2) is 34.1 Å². The smallest absolute Gasteiger partial charge is 0.269 e. The summed E-state index contributed by atoms with van der Waals surface area (Å²) >= 11 is 2.65. The standard InChI is InChI=1S/C10H8N4O3S2/c15-9(5-18-10-13-11-6-19-10)12-7-1-3-8(4-2-7)14(16)17/h1-4,6H,5H2,(H,12,15). The number of carbonyl (C=O) groups is 1. The van der Waals surface area contributed by atoms with Gasteiger partial charge in [-0.2, -0.15) is 0 Å². The number of non-ortho nitro benzene ring substituents is 1. The highest BCUT2D eigenvalue weighted by Crippen LogP contribution is 2.20. The van der Waals surface area contributed by atoms with E-state index in [4.69, 9.17) is 0 Å². The van der Waals surface area contributed by atoms with Gasteiger partial charge in [0.15, 0.2) is 4.34 Å². The van der Waals surface area contributed by atoms with Crippen molar-refractivity contribution in [3.8, 4) is 0 Å². The van der Waals surface area contributed by atoms with Crippen LogP contribution >= 0.6 is 23.1 Å². The molecule has 0 atom stereocenters. The quantitative estimate of drug-likeness (QED) is 0.516. The summed E-state index contributed by atoms with van der Waals surface area (Å²) < 4.78 is 0.721. The van der Waals surface area contributed by atoms with Gasteiger partial charge in [0.25, 0.3) is 5.69 Å². The number of rotatable bonds is 5. The van der Waals surface area contributed by atoms with Crippen LogP contribution < -0.4 is 5.32 Å². The van der Waals surface area contributed by atoms with Crippen molar-refractivity contribution in [1.29, 1.82) is 0 Å². The van der Waals surface area contributed by atoms with Crippen molar-refractivity contribution in [3.63, 3.8) is 0 Å². The van der Waals surface area contributed by atoms with Crippen molar-refractivity contribution in [2.45, 2.75) is 4.34 Å². The van der Waals surface area contributed by atoms with Gasteiger partial charge in [0.2, 0.25) is 5.91 Å². The topological polar surface area (TPSA) is 98.0 Å². The first-order chi connectivity index (χ1) is 9.15. The lowest BCUT2D eigenvalue weighted by molar-refractivity contribution is -0.384. The number of benzene rings is 1. The van der Waals surface area contributed by atoms with Crippen LogP contribution in [0.3, 0.4) is 0 Å². The van der Waals surface area contributed by atoms with Gasteiger partial charge in [0.05, 0.1) is 10.7 Å². The summed E-state index contributed by atoms with van der Waals surface area (Å²) in [6.07, 6.45) is 0. The van der Waals surface area contributed by atoms with Crippen LogP contribution in [0.2, 0.25) is 0 Å². The number of thioether (sulfide) groups is 1. The number of hydrogen-bond acceptors (Lipinski definition) is 7. The Hall–Kier alpha value is -2.00. The monoisotopic (exact) mass is 296 g/mol. The van der Waals surface area contributed by atoms with Crippen LogP contribution in [0.5, 0.6) is 0 Å². The second-order valence-electron chi connectivity index (χ2n) is 3.35. The molecule has 19 heavy (non-hydrogen) atoms. The molecular formula is C10H8N4O3S2. The molecule has 1 aromatic heterocycles. The number of nitro groups is 1. The number of carbonyl (C=O) groups excluding carboxylic acids is 1. The molecule has 0 fully saturated rings. The Kier molecular flexibility index (Phi) is 4.42. The molecule has 2 rings (SSSR count). The van der Waals surface area contributed by atoms with Gasteiger partial charge < -0.3 is 5.32 Å². The molecular weight excluding hydrogens is 288 g/mol. The highest BCUT2D eigenvalue weighted by molar-refractivity contribution is 8.01. The molecule has 0 saturated heterocycles. The molecule has 1 N–H and O–H groups in total. The summed E-state index contributed by atoms with van der Waals surface area (Å²) in [5.74, 6) is 0.0145. The Balaban J connectivity index is 1.86. The number of hydrogen-bond donors (Lipinski definition) is 1. The lowest BCUT2D eigenvalue weighted by Crippen LogP contribution is -2.13. The minimum absolute atomic E-state index is 0.0127.